The summed E-state index contributed by atoms with van der Waals surface area (Å²) in [5, 5.41) is 0. The highest BCUT2D eigenvalue weighted by Gasteiger charge is 2.08. The standard InChI is InChI=1S/C14H13NO2/c1-11(16)14-13(8-5-9-15-14)17-10-12-6-3-2-4-7-12/h2-9H,10H2,1H3. The van der Waals surface area contributed by atoms with Gasteiger partial charge in [0.2, 0.25) is 0 Å². The van der Waals surface area contributed by atoms with E-state index in [0.29, 0.717) is 18.1 Å². The minimum absolute atomic E-state index is 0.0892. The van der Waals surface area contributed by atoms with Gasteiger partial charge in [0.15, 0.2) is 5.78 Å². The Labute approximate surface area is 100 Å². The predicted octanol–water partition coefficient (Wildman–Crippen LogP) is 2.86. The fraction of sp³-hybridized carbons (Fsp3) is 0.143. The van der Waals surface area contributed by atoms with Crippen molar-refractivity contribution in [3.63, 3.8) is 0 Å². The summed E-state index contributed by atoms with van der Waals surface area (Å²) in [5.41, 5.74) is 1.44. The molecule has 0 radical (unpaired) electrons. The average Bonchev–Trinajstić information content (AvgIpc) is 2.38. The maximum absolute atomic E-state index is 11.3. The van der Waals surface area contributed by atoms with E-state index < -0.39 is 0 Å². The first-order valence-corrected chi connectivity index (χ1v) is 5.40. The molecule has 0 aliphatic heterocycles. The third-order valence-electron chi connectivity index (χ3n) is 2.34. The van der Waals surface area contributed by atoms with Gasteiger partial charge in [-0.1, -0.05) is 30.3 Å². The molecule has 0 saturated heterocycles. The van der Waals surface area contributed by atoms with Crippen molar-refractivity contribution >= 4 is 5.78 Å². The fourth-order valence-electron chi connectivity index (χ4n) is 1.51. The number of carbonyl (C=O) groups is 1. The largest absolute Gasteiger partial charge is 0.487 e. The number of pyridine rings is 1. The zero-order valence-electron chi connectivity index (χ0n) is 9.59. The molecule has 1 heterocycles. The highest BCUT2D eigenvalue weighted by molar-refractivity contribution is 5.94. The van der Waals surface area contributed by atoms with Gasteiger partial charge >= 0.3 is 0 Å². The molecule has 2 rings (SSSR count). The third-order valence-corrected chi connectivity index (χ3v) is 2.34. The zero-order valence-corrected chi connectivity index (χ0v) is 9.59. The lowest BCUT2D eigenvalue weighted by molar-refractivity contribution is 0.100. The molecule has 0 amide bonds. The molecule has 0 aliphatic carbocycles. The Bertz CT molecular complexity index is 509. The van der Waals surface area contributed by atoms with Crippen molar-refractivity contribution in [1.29, 1.82) is 0 Å². The molecule has 1 aromatic heterocycles. The van der Waals surface area contributed by atoms with E-state index in [4.69, 9.17) is 4.74 Å². The van der Waals surface area contributed by atoms with Gasteiger partial charge in [0.25, 0.3) is 0 Å². The molecule has 0 fully saturated rings. The number of ketones is 1. The van der Waals surface area contributed by atoms with Crippen molar-refractivity contribution in [2.45, 2.75) is 13.5 Å². The van der Waals surface area contributed by atoms with Crippen molar-refractivity contribution < 1.29 is 9.53 Å². The molecule has 1 aromatic carbocycles. The van der Waals surface area contributed by atoms with Crippen molar-refractivity contribution in [3.05, 3.63) is 59.9 Å². The van der Waals surface area contributed by atoms with Crippen LogP contribution in [0.1, 0.15) is 23.0 Å². The van der Waals surface area contributed by atoms with Crippen molar-refractivity contribution in [2.24, 2.45) is 0 Å². The number of benzene rings is 1. The number of Topliss-reactive ketones (excluding diaryl/α,β-unsaturated/α-hetero) is 1. The Morgan fingerprint density at radius 1 is 1.18 bits per heavy atom. The van der Waals surface area contributed by atoms with Crippen LogP contribution in [-0.2, 0) is 6.61 Å². The minimum atomic E-state index is -0.0892. The van der Waals surface area contributed by atoms with E-state index in [1.165, 1.54) is 6.92 Å². The maximum atomic E-state index is 11.3. The molecule has 0 atom stereocenters. The number of carbonyl (C=O) groups excluding carboxylic acids is 1. The van der Waals surface area contributed by atoms with Gasteiger partial charge in [0.1, 0.15) is 18.1 Å². The second-order valence-electron chi connectivity index (χ2n) is 3.68. The number of hydrogen-bond acceptors (Lipinski definition) is 3. The molecule has 0 unspecified atom stereocenters. The number of ether oxygens (including phenoxy) is 1. The van der Waals surface area contributed by atoms with E-state index >= 15 is 0 Å². The van der Waals surface area contributed by atoms with Crippen LogP contribution in [0.25, 0.3) is 0 Å². The Kier molecular flexibility index (Phi) is 3.50. The van der Waals surface area contributed by atoms with Crippen LogP contribution < -0.4 is 4.74 Å². The summed E-state index contributed by atoms with van der Waals surface area (Å²) >= 11 is 0. The molecule has 0 N–H and O–H groups in total. The number of aromatic nitrogens is 1. The van der Waals surface area contributed by atoms with E-state index in [-0.39, 0.29) is 5.78 Å². The summed E-state index contributed by atoms with van der Waals surface area (Å²) < 4.78 is 5.60. The Morgan fingerprint density at radius 2 is 1.94 bits per heavy atom. The van der Waals surface area contributed by atoms with Crippen LogP contribution in [0.3, 0.4) is 0 Å². The normalized spacial score (nSPS) is 9.94. The number of nitrogens with zero attached hydrogens (tertiary/aromatic N) is 1. The first kappa shape index (κ1) is 11.3. The minimum Gasteiger partial charge on any atom is -0.487 e. The summed E-state index contributed by atoms with van der Waals surface area (Å²) in [5.74, 6) is 0.442. The number of rotatable bonds is 4. The van der Waals surface area contributed by atoms with Gasteiger partial charge in [0, 0.05) is 13.1 Å². The smallest absolute Gasteiger partial charge is 0.181 e. The molecule has 3 nitrogen and oxygen atoms in total. The topological polar surface area (TPSA) is 39.2 Å². The van der Waals surface area contributed by atoms with Crippen LogP contribution in [0.5, 0.6) is 5.75 Å². The Hall–Kier alpha value is -2.16. The van der Waals surface area contributed by atoms with Gasteiger partial charge in [-0.2, -0.15) is 0 Å². The van der Waals surface area contributed by atoms with E-state index in [2.05, 4.69) is 4.98 Å². The lowest BCUT2D eigenvalue weighted by atomic mass is 10.2. The lowest BCUT2D eigenvalue weighted by Crippen LogP contribution is -2.03. The van der Waals surface area contributed by atoms with Crippen molar-refractivity contribution in [1.82, 2.24) is 4.98 Å². The SMILES string of the molecule is CC(=O)c1ncccc1OCc1ccccc1. The van der Waals surface area contributed by atoms with Crippen LogP contribution >= 0.6 is 0 Å². The van der Waals surface area contributed by atoms with Gasteiger partial charge in [-0.15, -0.1) is 0 Å². The van der Waals surface area contributed by atoms with E-state index in [0.717, 1.165) is 5.56 Å². The fourth-order valence-corrected chi connectivity index (χ4v) is 1.51. The zero-order chi connectivity index (χ0) is 12.1. The monoisotopic (exact) mass is 227 g/mol. The van der Waals surface area contributed by atoms with E-state index in [1.54, 1.807) is 18.3 Å². The highest BCUT2D eigenvalue weighted by Crippen LogP contribution is 2.17. The summed E-state index contributed by atoms with van der Waals surface area (Å²) in [6.45, 7) is 1.92. The molecule has 0 aliphatic rings. The predicted molar refractivity (Wildman–Crippen MR) is 65.0 cm³/mol. The van der Waals surface area contributed by atoms with Crippen LogP contribution in [0.15, 0.2) is 48.7 Å². The second-order valence-corrected chi connectivity index (χ2v) is 3.68. The van der Waals surface area contributed by atoms with E-state index in [1.807, 2.05) is 30.3 Å². The summed E-state index contributed by atoms with van der Waals surface area (Å²) in [4.78, 5) is 15.4. The quantitative estimate of drug-likeness (QED) is 0.754. The molecule has 0 bridgehead atoms. The Morgan fingerprint density at radius 3 is 2.65 bits per heavy atom. The van der Waals surface area contributed by atoms with Crippen LogP contribution in [0.2, 0.25) is 0 Å². The maximum Gasteiger partial charge on any atom is 0.181 e. The van der Waals surface area contributed by atoms with Gasteiger partial charge in [-0.05, 0) is 17.7 Å². The summed E-state index contributed by atoms with van der Waals surface area (Å²) in [7, 11) is 0. The molecule has 3 heteroatoms. The van der Waals surface area contributed by atoms with Gasteiger partial charge < -0.3 is 4.74 Å². The molecular weight excluding hydrogens is 214 g/mol. The molecule has 0 saturated carbocycles. The lowest BCUT2D eigenvalue weighted by Gasteiger charge is -2.08. The van der Waals surface area contributed by atoms with Crippen LogP contribution in [0.4, 0.5) is 0 Å². The van der Waals surface area contributed by atoms with Crippen LogP contribution in [0, 0.1) is 0 Å². The van der Waals surface area contributed by atoms with Gasteiger partial charge in [-0.3, -0.25) is 4.79 Å². The summed E-state index contributed by atoms with van der Waals surface area (Å²) in [6.07, 6.45) is 1.59. The van der Waals surface area contributed by atoms with Gasteiger partial charge in [-0.25, -0.2) is 4.98 Å². The Balaban J connectivity index is 2.12. The third kappa shape index (κ3) is 2.91. The van der Waals surface area contributed by atoms with Gasteiger partial charge in [0.05, 0.1) is 0 Å². The highest BCUT2D eigenvalue weighted by atomic mass is 16.5. The molecule has 17 heavy (non-hydrogen) atoms. The molecular formula is C14H13NO2. The summed E-state index contributed by atoms with van der Waals surface area (Å²) in [6, 6.07) is 13.3. The molecule has 86 valence electrons. The number of hydrogen-bond donors (Lipinski definition) is 0. The van der Waals surface area contributed by atoms with E-state index in [9.17, 15) is 4.79 Å². The molecule has 0 spiro atoms. The second kappa shape index (κ2) is 5.25. The van der Waals surface area contributed by atoms with Crippen molar-refractivity contribution in [3.8, 4) is 5.75 Å². The first-order chi connectivity index (χ1) is 8.27. The van der Waals surface area contributed by atoms with Crippen molar-refractivity contribution in [2.75, 3.05) is 0 Å². The van der Waals surface area contributed by atoms with Crippen LogP contribution in [-0.4, -0.2) is 10.8 Å². The first-order valence-electron chi connectivity index (χ1n) is 5.40. The average molecular weight is 227 g/mol. The molecule has 2 aromatic rings.